The number of nitrogens with one attached hydrogen (secondary N) is 2. The van der Waals surface area contributed by atoms with Crippen LogP contribution in [-0.4, -0.2) is 33.4 Å². The van der Waals surface area contributed by atoms with Gasteiger partial charge in [0.2, 0.25) is 0 Å². The van der Waals surface area contributed by atoms with Crippen LogP contribution in [0.2, 0.25) is 0 Å². The van der Waals surface area contributed by atoms with Crippen molar-refractivity contribution in [3.8, 4) is 11.5 Å². The number of halogens is 1. The molecule has 0 radical (unpaired) electrons. The van der Waals surface area contributed by atoms with Crippen LogP contribution in [0.25, 0.3) is 0 Å². The van der Waals surface area contributed by atoms with Crippen LogP contribution in [0.4, 0.5) is 10.1 Å². The minimum absolute atomic E-state index is 0.146. The Morgan fingerprint density at radius 1 is 1.12 bits per heavy atom. The Kier molecular flexibility index (Phi) is 6.12. The van der Waals surface area contributed by atoms with E-state index in [1.807, 2.05) is 12.1 Å². The maximum atomic E-state index is 13.8. The topological polar surface area (TPSA) is 42.5 Å². The predicted molar refractivity (Wildman–Crippen MR) is 98.3 cm³/mol. The van der Waals surface area contributed by atoms with Crippen molar-refractivity contribution in [2.24, 2.45) is 0 Å². The van der Waals surface area contributed by atoms with Crippen LogP contribution in [0.5, 0.6) is 11.5 Å². The predicted octanol–water partition coefficient (Wildman–Crippen LogP) is 3.40. The summed E-state index contributed by atoms with van der Waals surface area (Å²) in [5.41, 5.74) is 2.84. The largest absolute Gasteiger partial charge is 0.497 e. The van der Waals surface area contributed by atoms with E-state index in [1.165, 1.54) is 11.6 Å². The molecule has 0 atom stereocenters. The lowest BCUT2D eigenvalue weighted by Crippen LogP contribution is -2.24. The summed E-state index contributed by atoms with van der Waals surface area (Å²) in [7, 11) is 1.67. The minimum Gasteiger partial charge on any atom is -0.497 e. The van der Waals surface area contributed by atoms with Crippen molar-refractivity contribution >= 4 is 5.69 Å². The molecule has 0 fully saturated rings. The smallest absolute Gasteiger partial charge is 0.142 e. The summed E-state index contributed by atoms with van der Waals surface area (Å²) >= 11 is 0. The number of benzene rings is 2. The van der Waals surface area contributed by atoms with Crippen LogP contribution in [0, 0.1) is 5.82 Å². The molecule has 0 unspecified atom stereocenters. The molecule has 1 aliphatic heterocycles. The quantitative estimate of drug-likeness (QED) is 0.720. The van der Waals surface area contributed by atoms with Gasteiger partial charge in [0.15, 0.2) is 0 Å². The number of ether oxygens (including phenoxy) is 2. The maximum Gasteiger partial charge on any atom is 0.142 e. The summed E-state index contributed by atoms with van der Waals surface area (Å²) in [6, 6.07) is 11.3. The Hall–Kier alpha value is -2.27. The Morgan fingerprint density at radius 2 is 1.96 bits per heavy atom. The molecule has 134 valence electrons. The Morgan fingerprint density at radius 3 is 2.76 bits per heavy atom. The molecular weight excluding hydrogens is 319 g/mol. The van der Waals surface area contributed by atoms with Crippen molar-refractivity contribution in [3.05, 3.63) is 53.3 Å². The minimum atomic E-state index is -0.146. The second-order valence-electron chi connectivity index (χ2n) is 6.13. The molecule has 0 aromatic heterocycles. The zero-order valence-electron chi connectivity index (χ0n) is 14.6. The first-order valence-electron chi connectivity index (χ1n) is 8.79. The fraction of sp³-hybridized carbons (Fsp3) is 0.400. The second-order valence-corrected chi connectivity index (χ2v) is 6.13. The highest BCUT2D eigenvalue weighted by atomic mass is 19.1. The van der Waals surface area contributed by atoms with Crippen molar-refractivity contribution in [3.63, 3.8) is 0 Å². The zero-order valence-corrected chi connectivity index (χ0v) is 14.6. The number of anilines is 1. The van der Waals surface area contributed by atoms with Gasteiger partial charge in [0, 0.05) is 18.7 Å². The van der Waals surface area contributed by atoms with Gasteiger partial charge in [-0.15, -0.1) is 0 Å². The van der Waals surface area contributed by atoms with E-state index in [0.29, 0.717) is 6.61 Å². The van der Waals surface area contributed by atoms with Crippen molar-refractivity contribution in [2.45, 2.75) is 19.3 Å². The molecule has 0 spiro atoms. The Bertz CT molecular complexity index is 689. The van der Waals surface area contributed by atoms with Gasteiger partial charge in [0.1, 0.15) is 23.9 Å². The molecule has 25 heavy (non-hydrogen) atoms. The molecule has 5 heteroatoms. The fourth-order valence-electron chi connectivity index (χ4n) is 3.02. The average Bonchev–Trinajstić information content (AvgIpc) is 2.67. The van der Waals surface area contributed by atoms with Crippen LogP contribution >= 0.6 is 0 Å². The lowest BCUT2D eigenvalue weighted by Gasteiger charge is -2.21. The summed E-state index contributed by atoms with van der Waals surface area (Å²) in [5.74, 6) is 1.47. The third kappa shape index (κ3) is 4.63. The normalized spacial score (nSPS) is 13.0. The third-order valence-corrected chi connectivity index (χ3v) is 4.41. The van der Waals surface area contributed by atoms with Crippen molar-refractivity contribution in [1.82, 2.24) is 5.32 Å². The number of rotatable bonds is 8. The molecule has 3 rings (SSSR count). The summed E-state index contributed by atoms with van der Waals surface area (Å²) < 4.78 is 24.8. The first-order valence-corrected chi connectivity index (χ1v) is 8.79. The Balaban J connectivity index is 1.40. The van der Waals surface area contributed by atoms with Crippen LogP contribution in [0.1, 0.15) is 17.5 Å². The molecule has 0 amide bonds. The maximum absolute atomic E-state index is 13.8. The molecule has 0 aliphatic carbocycles. The summed E-state index contributed by atoms with van der Waals surface area (Å²) in [4.78, 5) is 0. The van der Waals surface area contributed by atoms with Crippen molar-refractivity contribution in [1.29, 1.82) is 0 Å². The molecular formula is C20H25FN2O2. The van der Waals surface area contributed by atoms with Crippen LogP contribution < -0.4 is 20.1 Å². The molecule has 1 heterocycles. The van der Waals surface area contributed by atoms with E-state index >= 15 is 0 Å². The van der Waals surface area contributed by atoms with Crippen LogP contribution in [0.15, 0.2) is 36.4 Å². The molecule has 2 aromatic carbocycles. The monoisotopic (exact) mass is 344 g/mol. The summed E-state index contributed by atoms with van der Waals surface area (Å²) in [6.45, 7) is 3.06. The molecule has 0 saturated heterocycles. The van der Waals surface area contributed by atoms with Gasteiger partial charge in [0.05, 0.1) is 12.8 Å². The first kappa shape index (κ1) is 17.5. The van der Waals surface area contributed by atoms with E-state index in [2.05, 4.69) is 22.8 Å². The van der Waals surface area contributed by atoms with Crippen molar-refractivity contribution < 1.29 is 13.9 Å². The van der Waals surface area contributed by atoms with E-state index in [9.17, 15) is 4.39 Å². The molecule has 0 bridgehead atoms. The average molecular weight is 344 g/mol. The van der Waals surface area contributed by atoms with E-state index < -0.39 is 0 Å². The Labute approximate surface area is 148 Å². The lowest BCUT2D eigenvalue weighted by atomic mass is 10.0. The molecule has 0 saturated carbocycles. The standard InChI is InChI=1S/C20H25FN2O2/c1-24-16-6-4-15(5-7-16)10-12-22-13-14-25-19-9-8-18(21)17-3-2-11-23-20(17)19/h4-9,22-23H,2-3,10-14H2,1H3. The van der Waals surface area contributed by atoms with Gasteiger partial charge in [0.25, 0.3) is 0 Å². The molecule has 4 nitrogen and oxygen atoms in total. The van der Waals surface area contributed by atoms with Gasteiger partial charge in [-0.3, -0.25) is 0 Å². The SMILES string of the molecule is COc1ccc(CCNCCOc2ccc(F)c3c2NCCC3)cc1. The van der Waals surface area contributed by atoms with Crippen molar-refractivity contribution in [2.75, 3.05) is 38.7 Å². The lowest BCUT2D eigenvalue weighted by molar-refractivity contribution is 0.314. The van der Waals surface area contributed by atoms with Gasteiger partial charge < -0.3 is 20.1 Å². The van der Waals surface area contributed by atoms with E-state index in [1.54, 1.807) is 13.2 Å². The highest BCUT2D eigenvalue weighted by Gasteiger charge is 2.17. The van der Waals surface area contributed by atoms with Gasteiger partial charge >= 0.3 is 0 Å². The first-order chi connectivity index (χ1) is 12.3. The fourth-order valence-corrected chi connectivity index (χ4v) is 3.02. The highest BCUT2D eigenvalue weighted by Crippen LogP contribution is 2.33. The van der Waals surface area contributed by atoms with Gasteiger partial charge in [-0.25, -0.2) is 4.39 Å². The molecule has 1 aliphatic rings. The van der Waals surface area contributed by atoms with E-state index in [4.69, 9.17) is 9.47 Å². The van der Waals surface area contributed by atoms with Gasteiger partial charge in [-0.1, -0.05) is 12.1 Å². The number of hydrogen-bond acceptors (Lipinski definition) is 4. The molecule has 2 aromatic rings. The second kappa shape index (κ2) is 8.72. The third-order valence-electron chi connectivity index (χ3n) is 4.41. The van der Waals surface area contributed by atoms with Crippen LogP contribution in [0.3, 0.4) is 0 Å². The van der Waals surface area contributed by atoms with E-state index in [0.717, 1.165) is 61.6 Å². The number of methoxy groups -OCH3 is 1. The van der Waals surface area contributed by atoms with Crippen LogP contribution in [-0.2, 0) is 12.8 Å². The van der Waals surface area contributed by atoms with Gasteiger partial charge in [-0.2, -0.15) is 0 Å². The number of hydrogen-bond donors (Lipinski definition) is 2. The number of fused-ring (bicyclic) bond motifs is 1. The van der Waals surface area contributed by atoms with Gasteiger partial charge in [-0.05, 0) is 55.6 Å². The summed E-state index contributed by atoms with van der Waals surface area (Å²) in [5, 5.41) is 6.63. The summed E-state index contributed by atoms with van der Waals surface area (Å²) in [6.07, 6.45) is 2.68. The molecule has 2 N–H and O–H groups in total. The van der Waals surface area contributed by atoms with E-state index in [-0.39, 0.29) is 5.82 Å². The zero-order chi connectivity index (χ0) is 17.5. The highest BCUT2D eigenvalue weighted by molar-refractivity contribution is 5.63.